The van der Waals surface area contributed by atoms with E-state index in [0.717, 1.165) is 22.2 Å². The molecule has 0 amide bonds. The molecule has 2 rings (SSSR count). The van der Waals surface area contributed by atoms with E-state index < -0.39 is 21.7 Å². The van der Waals surface area contributed by atoms with Crippen molar-refractivity contribution in [3.05, 3.63) is 58.1 Å². The summed E-state index contributed by atoms with van der Waals surface area (Å²) in [5.74, 6) is -2.30. The van der Waals surface area contributed by atoms with Gasteiger partial charge < -0.3 is 0 Å². The van der Waals surface area contributed by atoms with Gasteiger partial charge in [-0.2, -0.15) is 0 Å². The second kappa shape index (κ2) is 6.11. The first-order chi connectivity index (χ1) is 9.83. The first-order valence-electron chi connectivity index (χ1n) is 6.10. The van der Waals surface area contributed by atoms with Crippen molar-refractivity contribution in [1.82, 2.24) is 0 Å². The van der Waals surface area contributed by atoms with Crippen molar-refractivity contribution in [3.63, 3.8) is 0 Å². The quantitative estimate of drug-likeness (QED) is 0.874. The molecule has 0 aliphatic heterocycles. The summed E-state index contributed by atoms with van der Waals surface area (Å²) in [4.78, 5) is -0.327. The molecule has 21 heavy (non-hydrogen) atoms. The second-order valence-corrected chi connectivity index (χ2v) is 6.93. The monoisotopic (exact) mass is 375 g/mol. The van der Waals surface area contributed by atoms with Gasteiger partial charge in [0.15, 0.2) is 11.6 Å². The Morgan fingerprint density at radius 1 is 1.10 bits per heavy atom. The Labute approximate surface area is 130 Å². The minimum atomic E-state index is -3.97. The number of hydrogen-bond acceptors (Lipinski definition) is 2. The first kappa shape index (κ1) is 15.9. The zero-order valence-electron chi connectivity index (χ0n) is 11.0. The molecule has 0 aromatic heterocycles. The molecule has 0 aliphatic carbocycles. The Morgan fingerprint density at radius 3 is 2.43 bits per heavy atom. The van der Waals surface area contributed by atoms with E-state index in [-0.39, 0.29) is 4.90 Å². The van der Waals surface area contributed by atoms with Gasteiger partial charge >= 0.3 is 0 Å². The van der Waals surface area contributed by atoms with Gasteiger partial charge in [0, 0.05) is 4.47 Å². The third-order valence-corrected chi connectivity index (χ3v) is 4.75. The van der Waals surface area contributed by atoms with Crippen LogP contribution >= 0.6 is 15.9 Å². The molecule has 1 N–H and O–H groups in total. The van der Waals surface area contributed by atoms with Crippen LogP contribution in [0, 0.1) is 11.6 Å². The molecule has 0 heterocycles. The molecule has 0 saturated heterocycles. The van der Waals surface area contributed by atoms with Crippen LogP contribution in [-0.4, -0.2) is 8.42 Å². The standard InChI is InChI=1S/C14H12BrF2NO2S/c1-2-9-7-10(15)3-6-14(9)18-21(19,20)11-4-5-12(16)13(17)8-11/h3-8,18H,2H2,1H3. The average Bonchev–Trinajstić information content (AvgIpc) is 2.43. The molecule has 0 unspecified atom stereocenters. The fourth-order valence-electron chi connectivity index (χ4n) is 1.80. The van der Waals surface area contributed by atoms with Gasteiger partial charge in [0.05, 0.1) is 10.6 Å². The summed E-state index contributed by atoms with van der Waals surface area (Å²) in [7, 11) is -3.97. The van der Waals surface area contributed by atoms with Crippen molar-refractivity contribution in [2.24, 2.45) is 0 Å². The normalized spacial score (nSPS) is 11.4. The largest absolute Gasteiger partial charge is 0.279 e. The van der Waals surface area contributed by atoms with E-state index in [4.69, 9.17) is 0 Å². The zero-order valence-corrected chi connectivity index (χ0v) is 13.4. The van der Waals surface area contributed by atoms with Crippen molar-refractivity contribution in [1.29, 1.82) is 0 Å². The van der Waals surface area contributed by atoms with Gasteiger partial charge in [-0.25, -0.2) is 17.2 Å². The van der Waals surface area contributed by atoms with E-state index in [0.29, 0.717) is 18.2 Å². The van der Waals surface area contributed by atoms with E-state index >= 15 is 0 Å². The zero-order chi connectivity index (χ0) is 15.6. The Hall–Kier alpha value is -1.47. The first-order valence-corrected chi connectivity index (χ1v) is 8.37. The fourth-order valence-corrected chi connectivity index (χ4v) is 3.32. The summed E-state index contributed by atoms with van der Waals surface area (Å²) >= 11 is 3.31. The van der Waals surface area contributed by atoms with Gasteiger partial charge in [0.25, 0.3) is 10.0 Å². The summed E-state index contributed by atoms with van der Waals surface area (Å²) < 4.78 is 53.7. The highest BCUT2D eigenvalue weighted by Gasteiger charge is 2.18. The van der Waals surface area contributed by atoms with Gasteiger partial charge in [-0.05, 0) is 48.4 Å². The Morgan fingerprint density at radius 2 is 1.81 bits per heavy atom. The minimum absolute atomic E-state index is 0.327. The summed E-state index contributed by atoms with van der Waals surface area (Å²) in [6, 6.07) is 7.56. The maximum atomic E-state index is 13.2. The average molecular weight is 376 g/mol. The van der Waals surface area contributed by atoms with Crippen LogP contribution in [0.2, 0.25) is 0 Å². The summed E-state index contributed by atoms with van der Waals surface area (Å²) in [5, 5.41) is 0. The number of benzene rings is 2. The van der Waals surface area contributed by atoms with Crippen molar-refractivity contribution >= 4 is 31.6 Å². The van der Waals surface area contributed by atoms with Crippen molar-refractivity contribution in [3.8, 4) is 0 Å². The molecule has 0 fully saturated rings. The van der Waals surface area contributed by atoms with Crippen LogP contribution in [0.4, 0.5) is 14.5 Å². The predicted molar refractivity (Wildman–Crippen MR) is 80.7 cm³/mol. The maximum absolute atomic E-state index is 13.2. The maximum Gasteiger partial charge on any atom is 0.262 e. The molecule has 2 aromatic rings. The molecule has 112 valence electrons. The molecule has 0 bridgehead atoms. The fraction of sp³-hybridized carbons (Fsp3) is 0.143. The highest BCUT2D eigenvalue weighted by molar-refractivity contribution is 9.10. The molecule has 2 aromatic carbocycles. The van der Waals surface area contributed by atoms with Gasteiger partial charge in [0.2, 0.25) is 0 Å². The highest BCUT2D eigenvalue weighted by Crippen LogP contribution is 2.24. The van der Waals surface area contributed by atoms with Gasteiger partial charge in [0.1, 0.15) is 0 Å². The SMILES string of the molecule is CCc1cc(Br)ccc1NS(=O)(=O)c1ccc(F)c(F)c1. The number of sulfonamides is 1. The van der Waals surface area contributed by atoms with Crippen LogP contribution < -0.4 is 4.72 Å². The number of aryl methyl sites for hydroxylation is 1. The van der Waals surface area contributed by atoms with Crippen molar-refractivity contribution in [2.75, 3.05) is 4.72 Å². The summed E-state index contributed by atoms with van der Waals surface area (Å²) in [5.41, 5.74) is 1.20. The van der Waals surface area contributed by atoms with Crippen LogP contribution in [0.1, 0.15) is 12.5 Å². The number of halogens is 3. The van der Waals surface area contributed by atoms with Crippen LogP contribution in [0.5, 0.6) is 0 Å². The van der Waals surface area contributed by atoms with Crippen LogP contribution in [-0.2, 0) is 16.4 Å². The summed E-state index contributed by atoms with van der Waals surface area (Å²) in [6.45, 7) is 1.89. The number of rotatable bonds is 4. The van der Waals surface area contributed by atoms with E-state index in [2.05, 4.69) is 20.7 Å². The minimum Gasteiger partial charge on any atom is -0.279 e. The van der Waals surface area contributed by atoms with Crippen LogP contribution in [0.15, 0.2) is 45.8 Å². The lowest BCUT2D eigenvalue weighted by Gasteiger charge is -2.12. The third kappa shape index (κ3) is 3.59. The topological polar surface area (TPSA) is 46.2 Å². The molecular formula is C14H12BrF2NO2S. The van der Waals surface area contributed by atoms with Gasteiger partial charge in [-0.15, -0.1) is 0 Å². The Balaban J connectivity index is 2.39. The molecule has 0 aliphatic rings. The number of nitrogens with one attached hydrogen (secondary N) is 1. The molecule has 0 radical (unpaired) electrons. The lowest BCUT2D eigenvalue weighted by molar-refractivity contribution is 0.504. The number of anilines is 1. The molecule has 0 spiro atoms. The predicted octanol–water partition coefficient (Wildman–Crippen LogP) is 4.09. The molecule has 3 nitrogen and oxygen atoms in total. The van der Waals surface area contributed by atoms with Crippen molar-refractivity contribution < 1.29 is 17.2 Å². The van der Waals surface area contributed by atoms with Gasteiger partial charge in [-0.1, -0.05) is 22.9 Å². The molecular weight excluding hydrogens is 364 g/mol. The van der Waals surface area contributed by atoms with Gasteiger partial charge in [-0.3, -0.25) is 4.72 Å². The van der Waals surface area contributed by atoms with Crippen LogP contribution in [0.3, 0.4) is 0 Å². The van der Waals surface area contributed by atoms with Crippen molar-refractivity contribution in [2.45, 2.75) is 18.2 Å². The summed E-state index contributed by atoms with van der Waals surface area (Å²) in [6.07, 6.45) is 0.620. The highest BCUT2D eigenvalue weighted by atomic mass is 79.9. The van der Waals surface area contributed by atoms with Crippen LogP contribution in [0.25, 0.3) is 0 Å². The lowest BCUT2D eigenvalue weighted by Crippen LogP contribution is -2.14. The Bertz CT molecular complexity index is 779. The van der Waals surface area contributed by atoms with E-state index in [9.17, 15) is 17.2 Å². The smallest absolute Gasteiger partial charge is 0.262 e. The number of hydrogen-bond donors (Lipinski definition) is 1. The Kier molecular flexibility index (Phi) is 4.63. The lowest BCUT2D eigenvalue weighted by atomic mass is 10.1. The third-order valence-electron chi connectivity index (χ3n) is 2.89. The molecule has 7 heteroatoms. The second-order valence-electron chi connectivity index (χ2n) is 4.34. The molecule has 0 saturated carbocycles. The van der Waals surface area contributed by atoms with E-state index in [1.54, 1.807) is 18.2 Å². The van der Waals surface area contributed by atoms with E-state index in [1.807, 2.05) is 6.92 Å². The van der Waals surface area contributed by atoms with E-state index in [1.165, 1.54) is 0 Å². The molecule has 0 atom stereocenters.